The Bertz CT molecular complexity index is 1400. The Morgan fingerprint density at radius 2 is 2.11 bits per heavy atom. The fourth-order valence-electron chi connectivity index (χ4n) is 3.82. The minimum atomic E-state index is -0.187. The Morgan fingerprint density at radius 3 is 2.83 bits per heavy atom. The summed E-state index contributed by atoms with van der Waals surface area (Å²) in [6.45, 7) is 6.48. The number of pyridine rings is 2. The third kappa shape index (κ3) is 4.85. The molecular weight excluding hydrogens is 561 g/mol. The number of amides is 1. The van der Waals surface area contributed by atoms with Gasteiger partial charge < -0.3 is 14.4 Å². The highest BCUT2D eigenvalue weighted by Crippen LogP contribution is 2.33. The van der Waals surface area contributed by atoms with Gasteiger partial charge in [0, 0.05) is 42.4 Å². The number of aromatic amines is 1. The quantitative estimate of drug-likeness (QED) is 0.297. The smallest absolute Gasteiger partial charge is 0.274 e. The van der Waals surface area contributed by atoms with Crippen molar-refractivity contribution in [2.75, 3.05) is 27.3 Å². The standard InChI is InChI=1S/C24H26IN7O3/c1-6-14-19(7-2)32(4)30-22(14)24(33)31(3)8-9-35-20-13-27-21(34-5)11-15(20)17-10-16-18(12-26-17)28-29-23(16)25/h6,10-13H,1,7-9H2,2-5H3,(H,28,29). The van der Waals surface area contributed by atoms with Gasteiger partial charge in [-0.1, -0.05) is 19.6 Å². The van der Waals surface area contributed by atoms with E-state index in [4.69, 9.17) is 9.47 Å². The van der Waals surface area contributed by atoms with E-state index in [9.17, 15) is 4.79 Å². The second-order valence-electron chi connectivity index (χ2n) is 7.82. The molecule has 0 saturated heterocycles. The van der Waals surface area contributed by atoms with Crippen LogP contribution in [0.5, 0.6) is 11.6 Å². The van der Waals surface area contributed by atoms with Gasteiger partial charge in [0.1, 0.15) is 16.1 Å². The molecule has 0 unspecified atom stereocenters. The van der Waals surface area contributed by atoms with E-state index >= 15 is 0 Å². The van der Waals surface area contributed by atoms with Crippen molar-refractivity contribution in [2.24, 2.45) is 7.05 Å². The zero-order chi connectivity index (χ0) is 25.1. The lowest BCUT2D eigenvalue weighted by Crippen LogP contribution is -2.31. The molecule has 0 aliphatic heterocycles. The first-order valence-electron chi connectivity index (χ1n) is 11.0. The van der Waals surface area contributed by atoms with Gasteiger partial charge in [0.2, 0.25) is 5.88 Å². The molecule has 0 fully saturated rings. The number of fused-ring (bicyclic) bond motifs is 1. The van der Waals surface area contributed by atoms with Crippen LogP contribution in [-0.2, 0) is 13.5 Å². The van der Waals surface area contributed by atoms with Crippen molar-refractivity contribution in [3.05, 3.63) is 51.8 Å². The largest absolute Gasteiger partial charge is 0.489 e. The monoisotopic (exact) mass is 587 g/mol. The van der Waals surface area contributed by atoms with Crippen molar-refractivity contribution >= 4 is 45.5 Å². The zero-order valence-electron chi connectivity index (χ0n) is 20.0. The van der Waals surface area contributed by atoms with Crippen LogP contribution in [0.15, 0.2) is 31.1 Å². The maximum atomic E-state index is 13.0. The fraction of sp³-hybridized carbons (Fsp3) is 0.292. The maximum absolute atomic E-state index is 13.0. The number of carbonyl (C=O) groups is 1. The Morgan fingerprint density at radius 1 is 1.31 bits per heavy atom. The van der Waals surface area contributed by atoms with Crippen molar-refractivity contribution in [3.63, 3.8) is 0 Å². The topological polar surface area (TPSA) is 111 Å². The van der Waals surface area contributed by atoms with E-state index in [2.05, 4.69) is 54.4 Å². The Balaban J connectivity index is 1.52. The summed E-state index contributed by atoms with van der Waals surface area (Å²) in [5.74, 6) is 0.797. The summed E-state index contributed by atoms with van der Waals surface area (Å²) in [4.78, 5) is 23.5. The SMILES string of the molecule is C=Cc1c(C(=O)N(C)CCOc2cnc(OC)cc2-c2cc3c(I)n[nH]c3cn2)nn(C)c1CC. The first-order chi connectivity index (χ1) is 16.9. The number of hydrogen-bond acceptors (Lipinski definition) is 7. The minimum absolute atomic E-state index is 0.187. The number of methoxy groups -OCH3 is 1. The molecular formula is C24H26IN7O3. The molecule has 1 amide bonds. The predicted octanol–water partition coefficient (Wildman–Crippen LogP) is 3.72. The van der Waals surface area contributed by atoms with Gasteiger partial charge in [-0.15, -0.1) is 0 Å². The number of H-pyrrole nitrogens is 1. The molecule has 35 heavy (non-hydrogen) atoms. The molecule has 4 aromatic rings. The number of hydrogen-bond donors (Lipinski definition) is 1. The molecule has 4 heterocycles. The maximum Gasteiger partial charge on any atom is 0.274 e. The molecule has 0 saturated carbocycles. The number of carbonyl (C=O) groups excluding carboxylic acids is 1. The molecule has 0 atom stereocenters. The molecule has 0 aromatic carbocycles. The van der Waals surface area contributed by atoms with Crippen molar-refractivity contribution < 1.29 is 14.3 Å². The Kier molecular flexibility index (Phi) is 7.34. The highest BCUT2D eigenvalue weighted by molar-refractivity contribution is 14.1. The van der Waals surface area contributed by atoms with Gasteiger partial charge in [0.05, 0.1) is 37.3 Å². The lowest BCUT2D eigenvalue weighted by atomic mass is 10.1. The number of ether oxygens (including phenoxy) is 2. The van der Waals surface area contributed by atoms with Gasteiger partial charge in [-0.2, -0.15) is 10.2 Å². The van der Waals surface area contributed by atoms with Crippen LogP contribution in [0.3, 0.4) is 0 Å². The van der Waals surface area contributed by atoms with Crippen LogP contribution < -0.4 is 9.47 Å². The van der Waals surface area contributed by atoms with Gasteiger partial charge in [0.15, 0.2) is 5.69 Å². The predicted molar refractivity (Wildman–Crippen MR) is 142 cm³/mol. The average molecular weight is 587 g/mol. The second-order valence-corrected chi connectivity index (χ2v) is 8.84. The van der Waals surface area contributed by atoms with E-state index in [0.29, 0.717) is 29.6 Å². The molecule has 4 aromatic heterocycles. The molecule has 4 rings (SSSR count). The number of halogens is 1. The van der Waals surface area contributed by atoms with E-state index < -0.39 is 0 Å². The summed E-state index contributed by atoms with van der Waals surface area (Å²) in [7, 11) is 5.12. The van der Waals surface area contributed by atoms with Crippen molar-refractivity contribution in [2.45, 2.75) is 13.3 Å². The van der Waals surface area contributed by atoms with Crippen molar-refractivity contribution in [1.82, 2.24) is 34.8 Å². The van der Waals surface area contributed by atoms with Crippen LogP contribution in [0.2, 0.25) is 0 Å². The van der Waals surface area contributed by atoms with Crippen LogP contribution in [0, 0.1) is 3.70 Å². The van der Waals surface area contributed by atoms with Crippen LogP contribution in [0.4, 0.5) is 0 Å². The molecule has 10 nitrogen and oxygen atoms in total. The summed E-state index contributed by atoms with van der Waals surface area (Å²) in [5.41, 5.74) is 4.41. The Hall–Kier alpha value is -3.48. The zero-order valence-corrected chi connectivity index (χ0v) is 22.2. The van der Waals surface area contributed by atoms with Gasteiger partial charge in [0.25, 0.3) is 5.91 Å². The van der Waals surface area contributed by atoms with Crippen LogP contribution in [0.1, 0.15) is 28.7 Å². The summed E-state index contributed by atoms with van der Waals surface area (Å²) in [6, 6.07) is 3.73. The number of likely N-dealkylation sites (N-methyl/N-ethyl adjacent to an activating group) is 1. The molecule has 0 bridgehead atoms. The van der Waals surface area contributed by atoms with E-state index in [1.54, 1.807) is 48.3 Å². The third-order valence-corrected chi connectivity index (χ3v) is 6.53. The first kappa shape index (κ1) is 24.6. The average Bonchev–Trinajstić information content (AvgIpc) is 3.41. The first-order valence-corrected chi connectivity index (χ1v) is 12.1. The van der Waals surface area contributed by atoms with Crippen LogP contribution in [0.25, 0.3) is 28.2 Å². The summed E-state index contributed by atoms with van der Waals surface area (Å²) in [6.07, 6.45) is 5.78. The van der Waals surface area contributed by atoms with Crippen LogP contribution in [-0.4, -0.2) is 68.1 Å². The van der Waals surface area contributed by atoms with E-state index in [0.717, 1.165) is 37.8 Å². The highest BCUT2D eigenvalue weighted by Gasteiger charge is 2.22. The summed E-state index contributed by atoms with van der Waals surface area (Å²) in [5, 5.41) is 12.6. The van der Waals surface area contributed by atoms with Crippen LogP contribution >= 0.6 is 22.6 Å². The lowest BCUT2D eigenvalue weighted by molar-refractivity contribution is 0.0767. The molecule has 182 valence electrons. The van der Waals surface area contributed by atoms with Gasteiger partial charge in [-0.25, -0.2) is 4.98 Å². The van der Waals surface area contributed by atoms with E-state index in [1.807, 2.05) is 20.0 Å². The molecule has 0 radical (unpaired) electrons. The number of aromatic nitrogens is 6. The molecule has 0 spiro atoms. The lowest BCUT2D eigenvalue weighted by Gasteiger charge is -2.18. The highest BCUT2D eigenvalue weighted by atomic mass is 127. The molecule has 0 aliphatic carbocycles. The van der Waals surface area contributed by atoms with Crippen molar-refractivity contribution in [1.29, 1.82) is 0 Å². The summed E-state index contributed by atoms with van der Waals surface area (Å²) < 4.78 is 13.9. The third-order valence-electron chi connectivity index (χ3n) is 5.71. The number of nitrogens with zero attached hydrogens (tertiary/aromatic N) is 6. The molecule has 0 aliphatic rings. The minimum Gasteiger partial charge on any atom is -0.489 e. The second kappa shape index (κ2) is 10.4. The molecule has 1 N–H and O–H groups in total. The summed E-state index contributed by atoms with van der Waals surface area (Å²) >= 11 is 2.17. The van der Waals surface area contributed by atoms with Gasteiger partial charge in [-0.05, 0) is 35.1 Å². The normalized spacial score (nSPS) is 11.0. The number of rotatable bonds is 9. The fourth-order valence-corrected chi connectivity index (χ4v) is 4.39. The van der Waals surface area contributed by atoms with Crippen molar-refractivity contribution in [3.8, 4) is 22.9 Å². The number of nitrogens with one attached hydrogen (secondary N) is 1. The Labute approximate surface area is 216 Å². The van der Waals surface area contributed by atoms with E-state index in [1.165, 1.54) is 0 Å². The molecule has 11 heteroatoms. The van der Waals surface area contributed by atoms with Gasteiger partial charge >= 0.3 is 0 Å². The number of aryl methyl sites for hydroxylation is 1. The van der Waals surface area contributed by atoms with E-state index in [-0.39, 0.29) is 12.5 Å². The van der Waals surface area contributed by atoms with Gasteiger partial charge in [-0.3, -0.25) is 19.6 Å².